The van der Waals surface area contributed by atoms with Gasteiger partial charge in [-0.1, -0.05) is 12.1 Å². The maximum Gasteiger partial charge on any atom is 0.274 e. The molecule has 25 heavy (non-hydrogen) atoms. The van der Waals surface area contributed by atoms with Crippen molar-refractivity contribution in [2.24, 2.45) is 0 Å². The van der Waals surface area contributed by atoms with Crippen LogP contribution in [0.1, 0.15) is 10.5 Å². The molecule has 126 valence electrons. The standard InChI is InChI=1S/C17H16N6O2/c24-15-6-5-14(20-21-15)17(25)23-9-7-22(8-10-23)16-12-3-1-2-4-13(12)18-11-19-16/h1-6,11H,7-10H2,(H,21,24). The van der Waals surface area contributed by atoms with Crippen molar-refractivity contribution in [1.82, 2.24) is 25.1 Å². The van der Waals surface area contributed by atoms with E-state index in [0.717, 1.165) is 16.7 Å². The quantitative estimate of drug-likeness (QED) is 0.739. The second kappa shape index (κ2) is 6.31. The molecule has 1 aromatic carbocycles. The molecule has 0 atom stereocenters. The first kappa shape index (κ1) is 15.3. The van der Waals surface area contributed by atoms with Gasteiger partial charge < -0.3 is 9.80 Å². The van der Waals surface area contributed by atoms with E-state index < -0.39 is 0 Å². The van der Waals surface area contributed by atoms with Gasteiger partial charge in [0.2, 0.25) is 0 Å². The first-order valence-electron chi connectivity index (χ1n) is 8.02. The molecule has 8 heteroatoms. The molecular formula is C17H16N6O2. The summed E-state index contributed by atoms with van der Waals surface area (Å²) in [6.45, 7) is 2.49. The number of rotatable bonds is 2. The third kappa shape index (κ3) is 2.93. The number of amides is 1. The van der Waals surface area contributed by atoms with E-state index in [-0.39, 0.29) is 17.2 Å². The van der Waals surface area contributed by atoms with Gasteiger partial charge in [-0.2, -0.15) is 5.10 Å². The molecule has 3 aromatic rings. The van der Waals surface area contributed by atoms with Crippen molar-refractivity contribution in [2.75, 3.05) is 31.1 Å². The zero-order valence-electron chi connectivity index (χ0n) is 13.4. The van der Waals surface area contributed by atoms with Crippen molar-refractivity contribution < 1.29 is 4.79 Å². The van der Waals surface area contributed by atoms with Crippen LogP contribution in [0.25, 0.3) is 10.9 Å². The van der Waals surface area contributed by atoms with Gasteiger partial charge in [-0.3, -0.25) is 9.59 Å². The van der Waals surface area contributed by atoms with Crippen LogP contribution in [0, 0.1) is 0 Å². The first-order valence-corrected chi connectivity index (χ1v) is 8.02. The third-order valence-electron chi connectivity index (χ3n) is 4.29. The van der Waals surface area contributed by atoms with E-state index in [9.17, 15) is 9.59 Å². The summed E-state index contributed by atoms with van der Waals surface area (Å²) in [4.78, 5) is 36.1. The average Bonchev–Trinajstić information content (AvgIpc) is 2.68. The molecule has 1 aliphatic rings. The Morgan fingerprint density at radius 2 is 1.80 bits per heavy atom. The van der Waals surface area contributed by atoms with Gasteiger partial charge in [-0.15, -0.1) is 0 Å². The van der Waals surface area contributed by atoms with Crippen LogP contribution in [0.3, 0.4) is 0 Å². The van der Waals surface area contributed by atoms with Crippen molar-refractivity contribution in [3.8, 4) is 0 Å². The number of aromatic nitrogens is 4. The van der Waals surface area contributed by atoms with Gasteiger partial charge in [0.15, 0.2) is 0 Å². The summed E-state index contributed by atoms with van der Waals surface area (Å²) in [6, 6.07) is 10.6. The number of fused-ring (bicyclic) bond motifs is 1. The number of H-pyrrole nitrogens is 1. The van der Waals surface area contributed by atoms with E-state index in [2.05, 4.69) is 25.1 Å². The van der Waals surface area contributed by atoms with Gasteiger partial charge in [0.1, 0.15) is 17.8 Å². The highest BCUT2D eigenvalue weighted by Gasteiger charge is 2.24. The van der Waals surface area contributed by atoms with Gasteiger partial charge in [0.25, 0.3) is 11.5 Å². The zero-order chi connectivity index (χ0) is 17.2. The van der Waals surface area contributed by atoms with Crippen LogP contribution in [-0.2, 0) is 0 Å². The van der Waals surface area contributed by atoms with Gasteiger partial charge in [-0.25, -0.2) is 15.1 Å². The predicted molar refractivity (Wildman–Crippen MR) is 92.5 cm³/mol. The Labute approximate surface area is 143 Å². The van der Waals surface area contributed by atoms with Crippen molar-refractivity contribution in [2.45, 2.75) is 0 Å². The van der Waals surface area contributed by atoms with E-state index in [4.69, 9.17) is 0 Å². The molecule has 4 rings (SSSR count). The molecule has 3 heterocycles. The van der Waals surface area contributed by atoms with Crippen molar-refractivity contribution in [3.63, 3.8) is 0 Å². The van der Waals surface area contributed by atoms with Crippen LogP contribution in [0.4, 0.5) is 5.82 Å². The summed E-state index contributed by atoms with van der Waals surface area (Å²) in [5.41, 5.74) is 0.834. The summed E-state index contributed by atoms with van der Waals surface area (Å²) in [5, 5.41) is 7.11. The molecule has 8 nitrogen and oxygen atoms in total. The number of hydrogen-bond donors (Lipinski definition) is 1. The van der Waals surface area contributed by atoms with E-state index in [1.165, 1.54) is 12.1 Å². The normalized spacial score (nSPS) is 14.7. The molecule has 1 amide bonds. The lowest BCUT2D eigenvalue weighted by molar-refractivity contribution is 0.0739. The third-order valence-corrected chi connectivity index (χ3v) is 4.29. The van der Waals surface area contributed by atoms with Crippen LogP contribution in [0.15, 0.2) is 47.5 Å². The second-order valence-electron chi connectivity index (χ2n) is 5.80. The molecule has 2 aromatic heterocycles. The zero-order valence-corrected chi connectivity index (χ0v) is 13.4. The Morgan fingerprint density at radius 1 is 1.00 bits per heavy atom. The summed E-state index contributed by atoms with van der Waals surface area (Å²) >= 11 is 0. The number of carbonyl (C=O) groups is 1. The molecule has 0 saturated carbocycles. The number of hydrogen-bond acceptors (Lipinski definition) is 6. The highest BCUT2D eigenvalue weighted by Crippen LogP contribution is 2.23. The maximum absolute atomic E-state index is 12.5. The summed E-state index contributed by atoms with van der Waals surface area (Å²) in [6.07, 6.45) is 1.57. The van der Waals surface area contributed by atoms with Crippen LogP contribution in [-0.4, -0.2) is 57.2 Å². The van der Waals surface area contributed by atoms with Crippen LogP contribution < -0.4 is 10.5 Å². The Morgan fingerprint density at radius 3 is 2.56 bits per heavy atom. The second-order valence-corrected chi connectivity index (χ2v) is 5.80. The average molecular weight is 336 g/mol. The topological polar surface area (TPSA) is 95.1 Å². The molecule has 0 aliphatic carbocycles. The molecule has 1 aliphatic heterocycles. The van der Waals surface area contributed by atoms with Gasteiger partial charge in [0, 0.05) is 37.6 Å². The monoisotopic (exact) mass is 336 g/mol. The fourth-order valence-corrected chi connectivity index (χ4v) is 2.99. The molecule has 0 spiro atoms. The van der Waals surface area contributed by atoms with Crippen LogP contribution >= 0.6 is 0 Å². The minimum Gasteiger partial charge on any atom is -0.352 e. The minimum atomic E-state index is -0.322. The summed E-state index contributed by atoms with van der Waals surface area (Å²) in [7, 11) is 0. The number of para-hydroxylation sites is 1. The number of aromatic amines is 1. The van der Waals surface area contributed by atoms with Crippen molar-refractivity contribution in [1.29, 1.82) is 0 Å². The Kier molecular flexibility index (Phi) is 3.85. The molecule has 1 N–H and O–H groups in total. The Balaban J connectivity index is 1.50. The number of anilines is 1. The number of carbonyl (C=O) groups excluding carboxylic acids is 1. The number of nitrogens with zero attached hydrogens (tertiary/aromatic N) is 5. The van der Waals surface area contributed by atoms with Gasteiger partial charge in [0.05, 0.1) is 5.52 Å². The van der Waals surface area contributed by atoms with Gasteiger partial charge >= 0.3 is 0 Å². The van der Waals surface area contributed by atoms with E-state index >= 15 is 0 Å². The summed E-state index contributed by atoms with van der Waals surface area (Å²) < 4.78 is 0. The smallest absolute Gasteiger partial charge is 0.274 e. The summed E-state index contributed by atoms with van der Waals surface area (Å²) in [5.74, 6) is 0.711. The highest BCUT2D eigenvalue weighted by molar-refractivity contribution is 5.92. The lowest BCUT2D eigenvalue weighted by atomic mass is 10.2. The molecule has 1 saturated heterocycles. The van der Waals surface area contributed by atoms with Crippen molar-refractivity contribution in [3.05, 3.63) is 58.8 Å². The van der Waals surface area contributed by atoms with Crippen LogP contribution in [0.2, 0.25) is 0 Å². The Bertz CT molecular complexity index is 952. The molecule has 0 unspecified atom stereocenters. The number of nitrogens with one attached hydrogen (secondary N) is 1. The SMILES string of the molecule is O=C(c1ccc(=O)[nH]n1)N1CCN(c2ncnc3ccccc23)CC1. The molecular weight excluding hydrogens is 320 g/mol. The van der Waals surface area contributed by atoms with Crippen LogP contribution in [0.5, 0.6) is 0 Å². The van der Waals surface area contributed by atoms with Crippen molar-refractivity contribution >= 4 is 22.6 Å². The van der Waals surface area contributed by atoms with E-state index in [1.54, 1.807) is 11.2 Å². The lowest BCUT2D eigenvalue weighted by Crippen LogP contribution is -2.49. The lowest BCUT2D eigenvalue weighted by Gasteiger charge is -2.35. The number of benzene rings is 1. The first-order chi connectivity index (χ1) is 12.2. The Hall–Kier alpha value is -3.29. The maximum atomic E-state index is 12.5. The molecule has 1 fully saturated rings. The van der Waals surface area contributed by atoms with Gasteiger partial charge in [-0.05, 0) is 18.2 Å². The van der Waals surface area contributed by atoms with E-state index in [1.807, 2.05) is 24.3 Å². The largest absolute Gasteiger partial charge is 0.352 e. The van der Waals surface area contributed by atoms with E-state index in [0.29, 0.717) is 26.2 Å². The fraction of sp³-hybridized carbons (Fsp3) is 0.235. The fourth-order valence-electron chi connectivity index (χ4n) is 2.99. The highest BCUT2D eigenvalue weighted by atomic mass is 16.2. The molecule has 0 radical (unpaired) electrons. The minimum absolute atomic E-state index is 0.177. The molecule has 0 bridgehead atoms. The number of piperazine rings is 1. The predicted octanol–water partition coefficient (Wildman–Crippen LogP) is 0.675.